The molecule has 0 unspecified atom stereocenters. The molecule has 3 rings (SSSR count). The van der Waals surface area contributed by atoms with Crippen LogP contribution in [0.15, 0.2) is 59.4 Å². The summed E-state index contributed by atoms with van der Waals surface area (Å²) in [5.74, 6) is -1.66. The molecule has 7 nitrogen and oxygen atoms in total. The lowest BCUT2D eigenvalue weighted by Crippen LogP contribution is -2.44. The van der Waals surface area contributed by atoms with E-state index < -0.39 is 34.7 Å². The lowest BCUT2D eigenvalue weighted by Gasteiger charge is -2.16. The van der Waals surface area contributed by atoms with Crippen LogP contribution < -0.4 is 16.3 Å². The monoisotopic (exact) mass is 464 g/mol. The number of nitrogens with zero attached hydrogens (tertiary/aromatic N) is 2. The zero-order valence-electron chi connectivity index (χ0n) is 16.5. The van der Waals surface area contributed by atoms with E-state index in [1.807, 2.05) is 0 Å². The number of hydrogen-bond donors (Lipinski definition) is 2. The molecule has 0 aliphatic heterocycles. The van der Waals surface area contributed by atoms with Crippen molar-refractivity contribution in [3.8, 4) is 5.69 Å². The third-order valence-corrected chi connectivity index (χ3v) is 4.61. The normalized spacial score (nSPS) is 11.2. The summed E-state index contributed by atoms with van der Waals surface area (Å²) < 4.78 is 41.0. The van der Waals surface area contributed by atoms with Crippen LogP contribution in [0.25, 0.3) is 5.69 Å². The zero-order chi connectivity index (χ0) is 23.5. The molecule has 1 aromatic heterocycles. The van der Waals surface area contributed by atoms with E-state index in [9.17, 15) is 27.6 Å². The lowest BCUT2D eigenvalue weighted by atomic mass is 10.1. The number of amides is 2. The minimum absolute atomic E-state index is 0.0814. The summed E-state index contributed by atoms with van der Waals surface area (Å²) in [4.78, 5) is 36.7. The van der Waals surface area contributed by atoms with Crippen molar-refractivity contribution in [2.75, 3.05) is 0 Å². The van der Waals surface area contributed by atoms with Crippen LogP contribution in [0.5, 0.6) is 0 Å². The molecule has 0 saturated carbocycles. The second-order valence-corrected chi connectivity index (χ2v) is 7.17. The van der Waals surface area contributed by atoms with Gasteiger partial charge in [-0.3, -0.25) is 25.2 Å². The van der Waals surface area contributed by atoms with Gasteiger partial charge < -0.3 is 0 Å². The molecule has 0 fully saturated rings. The minimum Gasteiger partial charge on any atom is -0.287 e. The first-order valence-electron chi connectivity index (χ1n) is 9.17. The molecule has 2 N–H and O–H groups in total. The highest BCUT2D eigenvalue weighted by atomic mass is 35.5. The van der Waals surface area contributed by atoms with Gasteiger partial charge in [-0.15, -0.1) is 0 Å². The fourth-order valence-corrected chi connectivity index (χ4v) is 2.99. The van der Waals surface area contributed by atoms with Crippen molar-refractivity contribution < 1.29 is 22.8 Å². The maximum absolute atomic E-state index is 13.4. The number of rotatable bonds is 4. The third kappa shape index (κ3) is 5.33. The molecule has 32 heavy (non-hydrogen) atoms. The Labute approximate surface area is 184 Å². The Morgan fingerprint density at radius 1 is 1.06 bits per heavy atom. The topological polar surface area (TPSA) is 93.1 Å². The number of hydrogen-bond acceptors (Lipinski definition) is 4. The first-order chi connectivity index (χ1) is 15.1. The molecule has 0 radical (unpaired) electrons. The molecule has 2 amide bonds. The van der Waals surface area contributed by atoms with Gasteiger partial charge in [-0.25, -0.2) is 4.68 Å². The van der Waals surface area contributed by atoms with E-state index >= 15 is 0 Å². The molecule has 0 atom stereocenters. The Bertz CT molecular complexity index is 1220. The second kappa shape index (κ2) is 9.23. The highest BCUT2D eigenvalue weighted by Gasteiger charge is 2.34. The lowest BCUT2D eigenvalue weighted by molar-refractivity contribution is -0.137. The largest absolute Gasteiger partial charge is 0.418 e. The molecule has 1 heterocycles. The van der Waals surface area contributed by atoms with Gasteiger partial charge in [0.15, 0.2) is 5.69 Å². The fourth-order valence-electron chi connectivity index (χ4n) is 2.86. The number of benzene rings is 2. The number of hydrazine groups is 1. The molecule has 0 bridgehead atoms. The van der Waals surface area contributed by atoms with Crippen LogP contribution in [0.2, 0.25) is 5.02 Å². The maximum atomic E-state index is 13.4. The quantitative estimate of drug-likeness (QED) is 0.580. The average molecular weight is 465 g/mol. The van der Waals surface area contributed by atoms with Crippen LogP contribution in [-0.4, -0.2) is 21.6 Å². The summed E-state index contributed by atoms with van der Waals surface area (Å²) in [5.41, 5.74) is 2.08. The number of halogens is 4. The SMILES string of the molecule is Cc1cc(=O)c(C(=O)NNC(=O)Cc2ccc(Cl)cc2)nn1-c1ccccc1C(F)(F)F. The predicted octanol–water partition coefficient (Wildman–Crippen LogP) is 3.22. The molecular weight excluding hydrogens is 449 g/mol. The Hall–Kier alpha value is -3.66. The van der Waals surface area contributed by atoms with Gasteiger partial charge in [0, 0.05) is 16.8 Å². The van der Waals surface area contributed by atoms with Gasteiger partial charge in [0.2, 0.25) is 11.3 Å². The van der Waals surface area contributed by atoms with Crippen LogP contribution >= 0.6 is 11.6 Å². The Kier molecular flexibility index (Phi) is 6.64. The summed E-state index contributed by atoms with van der Waals surface area (Å²) in [7, 11) is 0. The number of carbonyl (C=O) groups excluding carboxylic acids is 2. The van der Waals surface area contributed by atoms with Crippen molar-refractivity contribution in [2.24, 2.45) is 0 Å². The number of para-hydroxylation sites is 1. The summed E-state index contributed by atoms with van der Waals surface area (Å²) in [6, 6.07) is 12.1. The van der Waals surface area contributed by atoms with Crippen LogP contribution in [0.3, 0.4) is 0 Å². The van der Waals surface area contributed by atoms with Crippen LogP contribution in [0, 0.1) is 6.92 Å². The van der Waals surface area contributed by atoms with E-state index in [0.29, 0.717) is 10.6 Å². The smallest absolute Gasteiger partial charge is 0.287 e. The van der Waals surface area contributed by atoms with E-state index in [0.717, 1.165) is 16.8 Å². The van der Waals surface area contributed by atoms with Crippen molar-refractivity contribution in [1.29, 1.82) is 0 Å². The number of nitrogens with one attached hydrogen (secondary N) is 2. The summed E-state index contributed by atoms with van der Waals surface area (Å²) in [6.07, 6.45) is -4.76. The first kappa shape index (κ1) is 23.0. The van der Waals surface area contributed by atoms with Gasteiger partial charge in [0.1, 0.15) is 0 Å². The number of carbonyl (C=O) groups is 2. The molecule has 3 aromatic rings. The predicted molar refractivity (Wildman–Crippen MR) is 110 cm³/mol. The highest BCUT2D eigenvalue weighted by Crippen LogP contribution is 2.33. The zero-order valence-corrected chi connectivity index (χ0v) is 17.3. The molecule has 0 saturated heterocycles. The Morgan fingerprint density at radius 2 is 1.72 bits per heavy atom. The van der Waals surface area contributed by atoms with Crippen molar-refractivity contribution >= 4 is 23.4 Å². The van der Waals surface area contributed by atoms with E-state index in [2.05, 4.69) is 16.0 Å². The van der Waals surface area contributed by atoms with Gasteiger partial charge in [-0.1, -0.05) is 35.9 Å². The van der Waals surface area contributed by atoms with Gasteiger partial charge >= 0.3 is 6.18 Å². The molecule has 166 valence electrons. The molecule has 0 spiro atoms. The number of aromatic nitrogens is 2. The molecular formula is C21H16ClF3N4O3. The fraction of sp³-hybridized carbons (Fsp3) is 0.143. The molecule has 11 heteroatoms. The van der Waals surface area contributed by atoms with Gasteiger partial charge in [-0.2, -0.15) is 18.3 Å². The Balaban J connectivity index is 1.82. The van der Waals surface area contributed by atoms with E-state index in [-0.39, 0.29) is 17.8 Å². The van der Waals surface area contributed by atoms with Gasteiger partial charge in [0.05, 0.1) is 17.7 Å². The molecule has 0 aliphatic rings. The van der Waals surface area contributed by atoms with Gasteiger partial charge in [-0.05, 0) is 36.8 Å². The van der Waals surface area contributed by atoms with E-state index in [1.54, 1.807) is 24.3 Å². The summed E-state index contributed by atoms with van der Waals surface area (Å²) in [5, 5.41) is 4.31. The van der Waals surface area contributed by atoms with E-state index in [4.69, 9.17) is 11.6 Å². The summed E-state index contributed by atoms with van der Waals surface area (Å²) in [6.45, 7) is 1.39. The Morgan fingerprint density at radius 3 is 2.38 bits per heavy atom. The standard InChI is InChI=1S/C21H16ClF3N4O3/c1-12-10-17(30)19(28-29(12)16-5-3-2-4-15(16)21(23,24)25)20(32)27-26-18(31)11-13-6-8-14(22)9-7-13/h2-10H,11H2,1H3,(H,26,31)(H,27,32). The highest BCUT2D eigenvalue weighted by molar-refractivity contribution is 6.30. The van der Waals surface area contributed by atoms with Crippen LogP contribution in [-0.2, 0) is 17.4 Å². The van der Waals surface area contributed by atoms with Crippen molar-refractivity contribution in [2.45, 2.75) is 19.5 Å². The number of aryl methyl sites for hydroxylation is 1. The average Bonchev–Trinajstić information content (AvgIpc) is 2.73. The van der Waals surface area contributed by atoms with E-state index in [1.165, 1.54) is 25.1 Å². The van der Waals surface area contributed by atoms with Crippen LogP contribution in [0.1, 0.15) is 27.3 Å². The first-order valence-corrected chi connectivity index (χ1v) is 9.55. The van der Waals surface area contributed by atoms with Crippen molar-refractivity contribution in [3.63, 3.8) is 0 Å². The van der Waals surface area contributed by atoms with Crippen LogP contribution in [0.4, 0.5) is 13.2 Å². The minimum atomic E-state index is -4.67. The van der Waals surface area contributed by atoms with Gasteiger partial charge in [0.25, 0.3) is 5.91 Å². The molecule has 0 aliphatic carbocycles. The number of alkyl halides is 3. The third-order valence-electron chi connectivity index (χ3n) is 4.35. The van der Waals surface area contributed by atoms with Crippen molar-refractivity contribution in [3.05, 3.63) is 92.4 Å². The second-order valence-electron chi connectivity index (χ2n) is 6.73. The van der Waals surface area contributed by atoms with Crippen molar-refractivity contribution in [1.82, 2.24) is 20.6 Å². The maximum Gasteiger partial charge on any atom is 0.418 e. The summed E-state index contributed by atoms with van der Waals surface area (Å²) >= 11 is 5.78. The molecule has 2 aromatic carbocycles.